The molecule has 0 spiro atoms. The van der Waals surface area contributed by atoms with Gasteiger partial charge in [0.2, 0.25) is 0 Å². The van der Waals surface area contributed by atoms with E-state index in [1.807, 2.05) is 11.9 Å². The fourth-order valence-electron chi connectivity index (χ4n) is 3.24. The van der Waals surface area contributed by atoms with E-state index < -0.39 is 0 Å². The summed E-state index contributed by atoms with van der Waals surface area (Å²) in [5, 5.41) is 3.29. The average Bonchev–Trinajstić information content (AvgIpc) is 2.90. The summed E-state index contributed by atoms with van der Waals surface area (Å²) in [6.45, 7) is 5.85. The first-order valence-corrected chi connectivity index (χ1v) is 7.81. The van der Waals surface area contributed by atoms with E-state index in [4.69, 9.17) is 4.74 Å². The van der Waals surface area contributed by atoms with Crippen LogP contribution in [0.15, 0.2) is 12.1 Å². The van der Waals surface area contributed by atoms with Crippen LogP contribution in [0.1, 0.15) is 29.5 Å². The van der Waals surface area contributed by atoms with Crippen LogP contribution in [0, 0.1) is 13.8 Å². The van der Waals surface area contributed by atoms with E-state index in [0.717, 1.165) is 31.7 Å². The summed E-state index contributed by atoms with van der Waals surface area (Å²) in [5.74, 6) is 1.04. The van der Waals surface area contributed by atoms with Gasteiger partial charge in [-0.25, -0.2) is 0 Å². The first kappa shape index (κ1) is 14.4. The Morgan fingerprint density at radius 1 is 1.24 bits per heavy atom. The second kappa shape index (κ2) is 5.68. The van der Waals surface area contributed by atoms with Gasteiger partial charge < -0.3 is 15.0 Å². The van der Waals surface area contributed by atoms with Crippen LogP contribution in [0.2, 0.25) is 0 Å². The number of nitrogens with zero attached hydrogens (tertiary/aromatic N) is 1. The third-order valence-corrected chi connectivity index (χ3v) is 4.84. The maximum Gasteiger partial charge on any atom is 0.263 e. The first-order chi connectivity index (χ1) is 10.1. The van der Waals surface area contributed by atoms with E-state index in [0.29, 0.717) is 12.5 Å². The maximum absolute atomic E-state index is 12.6. The van der Waals surface area contributed by atoms with Crippen LogP contribution in [-0.2, 0) is 11.2 Å². The largest absolute Gasteiger partial charge is 0.480 e. The lowest BCUT2D eigenvalue weighted by atomic mass is 10.0. The molecule has 0 saturated carbocycles. The van der Waals surface area contributed by atoms with Crippen molar-refractivity contribution in [1.82, 2.24) is 10.2 Å². The van der Waals surface area contributed by atoms with E-state index in [1.165, 1.54) is 16.7 Å². The Morgan fingerprint density at radius 3 is 2.57 bits per heavy atom. The molecular formula is C17H24N2O2. The van der Waals surface area contributed by atoms with Crippen LogP contribution in [-0.4, -0.2) is 43.1 Å². The Labute approximate surface area is 126 Å². The van der Waals surface area contributed by atoms with Crippen molar-refractivity contribution < 1.29 is 9.53 Å². The fraction of sp³-hybridized carbons (Fsp3) is 0.588. The van der Waals surface area contributed by atoms with Gasteiger partial charge in [-0.05, 0) is 56.5 Å². The molecule has 0 aliphatic carbocycles. The lowest BCUT2D eigenvalue weighted by Crippen LogP contribution is -2.48. The van der Waals surface area contributed by atoms with Gasteiger partial charge in [-0.1, -0.05) is 6.07 Å². The summed E-state index contributed by atoms with van der Waals surface area (Å²) < 4.78 is 5.90. The first-order valence-electron chi connectivity index (χ1n) is 7.81. The number of ether oxygens (including phenoxy) is 1. The van der Waals surface area contributed by atoms with Crippen molar-refractivity contribution in [1.29, 1.82) is 0 Å². The number of fused-ring (bicyclic) bond motifs is 1. The Hall–Kier alpha value is -1.55. The van der Waals surface area contributed by atoms with Gasteiger partial charge in [-0.3, -0.25) is 4.79 Å². The highest BCUT2D eigenvalue weighted by Crippen LogP contribution is 2.32. The van der Waals surface area contributed by atoms with E-state index in [9.17, 15) is 4.79 Å². The van der Waals surface area contributed by atoms with Gasteiger partial charge in [0, 0.05) is 25.6 Å². The summed E-state index contributed by atoms with van der Waals surface area (Å²) >= 11 is 0. The molecule has 0 radical (unpaired) electrons. The maximum atomic E-state index is 12.6. The summed E-state index contributed by atoms with van der Waals surface area (Å²) in [6, 6.07) is 4.76. The van der Waals surface area contributed by atoms with Crippen LogP contribution >= 0.6 is 0 Å². The number of carbonyl (C=O) groups is 1. The lowest BCUT2D eigenvalue weighted by molar-refractivity contribution is -0.139. The zero-order valence-electron chi connectivity index (χ0n) is 13.1. The molecule has 0 bridgehead atoms. The fourth-order valence-corrected chi connectivity index (χ4v) is 3.24. The zero-order valence-corrected chi connectivity index (χ0v) is 13.1. The van der Waals surface area contributed by atoms with Gasteiger partial charge in [0.1, 0.15) is 5.75 Å². The molecule has 2 heterocycles. The minimum Gasteiger partial charge on any atom is -0.480 e. The van der Waals surface area contributed by atoms with Crippen LogP contribution in [0.5, 0.6) is 5.75 Å². The second-order valence-electron chi connectivity index (χ2n) is 6.24. The summed E-state index contributed by atoms with van der Waals surface area (Å²) in [5.41, 5.74) is 3.65. The third kappa shape index (κ3) is 2.77. The van der Waals surface area contributed by atoms with Gasteiger partial charge in [0.05, 0.1) is 0 Å². The smallest absolute Gasteiger partial charge is 0.263 e. The number of rotatable bonds is 2. The molecule has 2 aliphatic heterocycles. The molecule has 3 rings (SSSR count). The number of carbonyl (C=O) groups excluding carboxylic acids is 1. The monoisotopic (exact) mass is 288 g/mol. The Balaban J connectivity index is 1.66. The van der Waals surface area contributed by atoms with Gasteiger partial charge in [0.15, 0.2) is 6.10 Å². The van der Waals surface area contributed by atoms with Crippen LogP contribution in [0.4, 0.5) is 0 Å². The molecular weight excluding hydrogens is 264 g/mol. The molecule has 2 aliphatic rings. The van der Waals surface area contributed by atoms with E-state index in [-0.39, 0.29) is 12.0 Å². The highest BCUT2D eigenvalue weighted by atomic mass is 16.5. The molecule has 1 aromatic carbocycles. The van der Waals surface area contributed by atoms with Crippen molar-refractivity contribution in [3.8, 4) is 5.75 Å². The average molecular weight is 288 g/mol. The van der Waals surface area contributed by atoms with Crippen LogP contribution in [0.3, 0.4) is 0 Å². The van der Waals surface area contributed by atoms with E-state index >= 15 is 0 Å². The number of benzene rings is 1. The molecule has 1 unspecified atom stereocenters. The van der Waals surface area contributed by atoms with Gasteiger partial charge in [0.25, 0.3) is 5.91 Å². The van der Waals surface area contributed by atoms with Crippen molar-refractivity contribution in [3.63, 3.8) is 0 Å². The SMILES string of the molecule is CNC1CCN(C(=O)C2Cc3cc(C)c(C)cc3O2)CC1. The number of aryl methyl sites for hydroxylation is 2. The number of piperidine rings is 1. The second-order valence-corrected chi connectivity index (χ2v) is 6.24. The lowest BCUT2D eigenvalue weighted by Gasteiger charge is -2.33. The molecule has 1 atom stereocenters. The Morgan fingerprint density at radius 2 is 1.90 bits per heavy atom. The summed E-state index contributed by atoms with van der Waals surface area (Å²) in [7, 11) is 1.99. The molecule has 1 N–H and O–H groups in total. The highest BCUT2D eigenvalue weighted by molar-refractivity contribution is 5.82. The quantitative estimate of drug-likeness (QED) is 0.902. The standard InChI is InChI=1S/C17H24N2O2/c1-11-8-13-10-16(21-15(13)9-12(11)2)17(20)19-6-4-14(18-3)5-7-19/h8-9,14,16,18H,4-7,10H2,1-3H3. The Kier molecular flexibility index (Phi) is 3.89. The molecule has 1 amide bonds. The predicted octanol–water partition coefficient (Wildman–Crippen LogP) is 1.82. The number of hydrogen-bond donors (Lipinski definition) is 1. The molecule has 4 nitrogen and oxygen atoms in total. The summed E-state index contributed by atoms with van der Waals surface area (Å²) in [6.07, 6.45) is 2.44. The molecule has 0 aromatic heterocycles. The molecule has 1 fully saturated rings. The summed E-state index contributed by atoms with van der Waals surface area (Å²) in [4.78, 5) is 14.6. The number of likely N-dealkylation sites (tertiary alicyclic amines) is 1. The predicted molar refractivity (Wildman–Crippen MR) is 82.7 cm³/mol. The topological polar surface area (TPSA) is 41.6 Å². The van der Waals surface area contributed by atoms with Gasteiger partial charge in [-0.15, -0.1) is 0 Å². The van der Waals surface area contributed by atoms with E-state index in [1.54, 1.807) is 0 Å². The van der Waals surface area contributed by atoms with Crippen molar-refractivity contribution in [2.45, 2.75) is 45.3 Å². The highest BCUT2D eigenvalue weighted by Gasteiger charge is 2.34. The minimum absolute atomic E-state index is 0.149. The number of amides is 1. The normalized spacial score (nSPS) is 22.0. The van der Waals surface area contributed by atoms with Crippen molar-refractivity contribution in [3.05, 3.63) is 28.8 Å². The van der Waals surface area contributed by atoms with Gasteiger partial charge in [-0.2, -0.15) is 0 Å². The van der Waals surface area contributed by atoms with Gasteiger partial charge >= 0.3 is 0 Å². The third-order valence-electron chi connectivity index (χ3n) is 4.84. The number of hydrogen-bond acceptors (Lipinski definition) is 3. The van der Waals surface area contributed by atoms with Crippen LogP contribution < -0.4 is 10.1 Å². The van der Waals surface area contributed by atoms with Crippen molar-refractivity contribution in [2.75, 3.05) is 20.1 Å². The molecule has 114 valence electrons. The Bertz CT molecular complexity index is 517. The van der Waals surface area contributed by atoms with E-state index in [2.05, 4.69) is 31.3 Å². The number of nitrogens with one attached hydrogen (secondary N) is 1. The molecule has 4 heteroatoms. The van der Waals surface area contributed by atoms with Crippen LogP contribution in [0.25, 0.3) is 0 Å². The van der Waals surface area contributed by atoms with Crippen molar-refractivity contribution >= 4 is 5.91 Å². The molecule has 21 heavy (non-hydrogen) atoms. The molecule has 1 saturated heterocycles. The molecule has 1 aromatic rings. The van der Waals surface area contributed by atoms with Crippen molar-refractivity contribution in [2.24, 2.45) is 0 Å². The minimum atomic E-state index is -0.327. The zero-order chi connectivity index (χ0) is 15.0.